The zero-order chi connectivity index (χ0) is 19.4. The Balaban J connectivity index is 1.31. The predicted molar refractivity (Wildman–Crippen MR) is 108 cm³/mol. The van der Waals surface area contributed by atoms with Crippen LogP contribution in [0, 0.1) is 0 Å². The standard InChI is InChI=1S/C21H32N4O3/c1-22-11-12-23(8-2-4-19-5-3-15-28-19)18-21(22)6-9-24(10-7-21)20(26)25-13-16-27-17-14-25/h2-5,15H,6-14,16-18H2,1H3. The van der Waals surface area contributed by atoms with Crippen molar-refractivity contribution in [2.75, 3.05) is 72.6 Å². The normalized spacial score (nSPS) is 24.3. The van der Waals surface area contributed by atoms with Crippen LogP contribution in [0.3, 0.4) is 0 Å². The highest BCUT2D eigenvalue weighted by Gasteiger charge is 2.43. The Morgan fingerprint density at radius 2 is 1.86 bits per heavy atom. The van der Waals surface area contributed by atoms with Crippen molar-refractivity contribution in [1.82, 2.24) is 19.6 Å². The van der Waals surface area contributed by atoms with Crippen LogP contribution in [0.2, 0.25) is 0 Å². The Morgan fingerprint density at radius 3 is 2.57 bits per heavy atom. The molecular formula is C21H32N4O3. The lowest BCUT2D eigenvalue weighted by Gasteiger charge is -2.53. The quantitative estimate of drug-likeness (QED) is 0.791. The van der Waals surface area contributed by atoms with E-state index in [1.54, 1.807) is 6.26 Å². The summed E-state index contributed by atoms with van der Waals surface area (Å²) in [4.78, 5) is 21.8. The second kappa shape index (κ2) is 8.68. The SMILES string of the molecule is CN1CCN(CC=Cc2ccco2)CC12CCN(C(=O)N1CCOCC1)CC2. The predicted octanol–water partition coefficient (Wildman–Crippen LogP) is 1.83. The number of likely N-dealkylation sites (N-methyl/N-ethyl adjacent to an activating group) is 1. The van der Waals surface area contributed by atoms with E-state index in [1.807, 2.05) is 21.9 Å². The van der Waals surface area contributed by atoms with E-state index in [4.69, 9.17) is 9.15 Å². The molecule has 1 spiro atoms. The molecule has 3 aliphatic heterocycles. The molecule has 3 fully saturated rings. The summed E-state index contributed by atoms with van der Waals surface area (Å²) < 4.78 is 10.7. The first-order valence-corrected chi connectivity index (χ1v) is 10.4. The lowest BCUT2D eigenvalue weighted by molar-refractivity contribution is -0.0221. The van der Waals surface area contributed by atoms with Gasteiger partial charge in [-0.25, -0.2) is 4.79 Å². The molecule has 28 heavy (non-hydrogen) atoms. The van der Waals surface area contributed by atoms with Gasteiger partial charge in [-0.2, -0.15) is 0 Å². The number of hydrogen-bond acceptors (Lipinski definition) is 5. The Kier molecular flexibility index (Phi) is 6.04. The van der Waals surface area contributed by atoms with Crippen molar-refractivity contribution in [1.29, 1.82) is 0 Å². The topological polar surface area (TPSA) is 52.4 Å². The van der Waals surface area contributed by atoms with Crippen molar-refractivity contribution < 1.29 is 13.9 Å². The zero-order valence-electron chi connectivity index (χ0n) is 16.9. The van der Waals surface area contributed by atoms with E-state index in [1.165, 1.54) is 0 Å². The Hall–Kier alpha value is -1.83. The molecule has 1 aromatic heterocycles. The van der Waals surface area contributed by atoms with Gasteiger partial charge in [-0.15, -0.1) is 0 Å². The van der Waals surface area contributed by atoms with E-state index in [2.05, 4.69) is 29.0 Å². The minimum Gasteiger partial charge on any atom is -0.465 e. The van der Waals surface area contributed by atoms with Crippen LogP contribution in [0.15, 0.2) is 28.9 Å². The number of nitrogens with zero attached hydrogens (tertiary/aromatic N) is 4. The molecule has 4 rings (SSSR count). The second-order valence-electron chi connectivity index (χ2n) is 8.17. The summed E-state index contributed by atoms with van der Waals surface area (Å²) in [7, 11) is 2.25. The van der Waals surface area contributed by atoms with E-state index in [0.717, 1.165) is 71.0 Å². The number of likely N-dealkylation sites (tertiary alicyclic amines) is 1. The van der Waals surface area contributed by atoms with Gasteiger partial charge in [-0.05, 0) is 38.1 Å². The van der Waals surface area contributed by atoms with Gasteiger partial charge in [0.25, 0.3) is 0 Å². The maximum absolute atomic E-state index is 12.8. The maximum atomic E-state index is 12.8. The molecule has 7 heteroatoms. The molecule has 0 bridgehead atoms. The number of morpholine rings is 1. The molecule has 0 saturated carbocycles. The summed E-state index contributed by atoms with van der Waals surface area (Å²) in [5.41, 5.74) is 0.179. The van der Waals surface area contributed by atoms with E-state index in [-0.39, 0.29) is 11.6 Å². The van der Waals surface area contributed by atoms with Gasteiger partial charge in [0.2, 0.25) is 0 Å². The minimum absolute atomic E-state index is 0.179. The number of rotatable bonds is 3. The zero-order valence-corrected chi connectivity index (χ0v) is 16.9. The Bertz CT molecular complexity index is 661. The molecule has 0 unspecified atom stereocenters. The summed E-state index contributed by atoms with van der Waals surface area (Å²) in [5, 5.41) is 0. The summed E-state index contributed by atoms with van der Waals surface area (Å²) in [5.74, 6) is 0.902. The van der Waals surface area contributed by atoms with E-state index in [9.17, 15) is 4.79 Å². The average Bonchev–Trinajstić information content (AvgIpc) is 3.25. The van der Waals surface area contributed by atoms with Gasteiger partial charge in [-0.1, -0.05) is 6.08 Å². The number of piperazine rings is 1. The summed E-state index contributed by atoms with van der Waals surface area (Å²) in [6.45, 7) is 8.60. The molecule has 0 aromatic carbocycles. The minimum atomic E-state index is 0.179. The highest BCUT2D eigenvalue weighted by Crippen LogP contribution is 2.32. The summed E-state index contributed by atoms with van der Waals surface area (Å²) in [6, 6.07) is 4.08. The molecule has 154 valence electrons. The molecule has 1 aromatic rings. The fourth-order valence-electron chi connectivity index (χ4n) is 4.61. The Labute approximate surface area is 167 Å². The fourth-order valence-corrected chi connectivity index (χ4v) is 4.61. The smallest absolute Gasteiger partial charge is 0.320 e. The van der Waals surface area contributed by atoms with Crippen molar-refractivity contribution in [2.45, 2.75) is 18.4 Å². The van der Waals surface area contributed by atoms with Crippen LogP contribution >= 0.6 is 0 Å². The van der Waals surface area contributed by atoms with E-state index in [0.29, 0.717) is 13.2 Å². The molecule has 0 atom stereocenters. The Morgan fingerprint density at radius 1 is 1.11 bits per heavy atom. The third-order valence-electron chi connectivity index (χ3n) is 6.51. The molecule has 7 nitrogen and oxygen atoms in total. The highest BCUT2D eigenvalue weighted by molar-refractivity contribution is 5.74. The van der Waals surface area contributed by atoms with Gasteiger partial charge in [-0.3, -0.25) is 9.80 Å². The molecule has 0 radical (unpaired) electrons. The van der Waals surface area contributed by atoms with Crippen LogP contribution in [0.4, 0.5) is 4.79 Å². The third-order valence-corrected chi connectivity index (χ3v) is 6.51. The number of amides is 2. The van der Waals surface area contributed by atoms with Crippen LogP contribution in [-0.2, 0) is 4.74 Å². The monoisotopic (exact) mass is 388 g/mol. The second-order valence-corrected chi connectivity index (χ2v) is 8.17. The molecule has 3 aliphatic rings. The number of urea groups is 1. The largest absolute Gasteiger partial charge is 0.465 e. The van der Waals surface area contributed by atoms with Crippen molar-refractivity contribution in [3.63, 3.8) is 0 Å². The number of carbonyl (C=O) groups excluding carboxylic acids is 1. The lowest BCUT2D eigenvalue weighted by atomic mass is 9.83. The van der Waals surface area contributed by atoms with Gasteiger partial charge in [0.1, 0.15) is 5.76 Å². The van der Waals surface area contributed by atoms with Gasteiger partial charge in [0.15, 0.2) is 0 Å². The molecular weight excluding hydrogens is 356 g/mol. The fraction of sp³-hybridized carbons (Fsp3) is 0.667. The highest BCUT2D eigenvalue weighted by atomic mass is 16.5. The van der Waals surface area contributed by atoms with Crippen LogP contribution in [0.25, 0.3) is 6.08 Å². The van der Waals surface area contributed by atoms with Crippen molar-refractivity contribution in [2.24, 2.45) is 0 Å². The molecule has 0 N–H and O–H groups in total. The van der Waals surface area contributed by atoms with Gasteiger partial charge in [0.05, 0.1) is 19.5 Å². The van der Waals surface area contributed by atoms with Crippen molar-refractivity contribution in [3.8, 4) is 0 Å². The number of carbonyl (C=O) groups is 1. The number of hydrogen-bond donors (Lipinski definition) is 0. The number of ether oxygens (including phenoxy) is 1. The number of furan rings is 1. The van der Waals surface area contributed by atoms with Crippen LogP contribution < -0.4 is 0 Å². The summed E-state index contributed by atoms with van der Waals surface area (Å²) >= 11 is 0. The van der Waals surface area contributed by atoms with Crippen molar-refractivity contribution in [3.05, 3.63) is 30.2 Å². The first-order chi connectivity index (χ1) is 13.7. The van der Waals surface area contributed by atoms with E-state index >= 15 is 0 Å². The molecule has 0 aliphatic carbocycles. The first kappa shape index (κ1) is 19.5. The van der Waals surface area contributed by atoms with Gasteiger partial charge < -0.3 is 19.0 Å². The van der Waals surface area contributed by atoms with Crippen LogP contribution in [0.1, 0.15) is 18.6 Å². The first-order valence-electron chi connectivity index (χ1n) is 10.4. The third kappa shape index (κ3) is 4.26. The summed E-state index contributed by atoms with van der Waals surface area (Å²) in [6.07, 6.45) is 8.02. The average molecular weight is 389 g/mol. The van der Waals surface area contributed by atoms with Crippen LogP contribution in [-0.4, -0.2) is 104 Å². The molecule has 3 saturated heterocycles. The molecule has 4 heterocycles. The lowest BCUT2D eigenvalue weighted by Crippen LogP contribution is -2.65. The molecule has 2 amide bonds. The maximum Gasteiger partial charge on any atom is 0.320 e. The van der Waals surface area contributed by atoms with E-state index < -0.39 is 0 Å². The number of piperidine rings is 1. The van der Waals surface area contributed by atoms with Gasteiger partial charge >= 0.3 is 6.03 Å². The van der Waals surface area contributed by atoms with Crippen LogP contribution in [0.5, 0.6) is 0 Å². The van der Waals surface area contributed by atoms with Crippen molar-refractivity contribution >= 4 is 12.1 Å². The van der Waals surface area contributed by atoms with Gasteiger partial charge in [0, 0.05) is 57.9 Å².